The van der Waals surface area contributed by atoms with Gasteiger partial charge in [-0.1, -0.05) is 6.07 Å². The number of carboxylic acid groups (broad SMARTS) is 1. The van der Waals surface area contributed by atoms with Crippen molar-refractivity contribution in [2.24, 2.45) is 11.8 Å². The third-order valence-electron chi connectivity index (χ3n) is 6.39. The number of aromatic carboxylic acids is 1. The molecule has 0 bridgehead atoms. The van der Waals surface area contributed by atoms with Crippen molar-refractivity contribution in [1.29, 1.82) is 0 Å². The van der Waals surface area contributed by atoms with Gasteiger partial charge in [-0.2, -0.15) is 0 Å². The number of carbonyl (C=O) groups is 1. The molecule has 1 aromatic carbocycles. The highest BCUT2D eigenvalue weighted by Crippen LogP contribution is 2.61. The first kappa shape index (κ1) is 16.0. The van der Waals surface area contributed by atoms with Crippen LogP contribution in [0.2, 0.25) is 5.82 Å². The molecule has 7 heteroatoms. The van der Waals surface area contributed by atoms with Crippen molar-refractivity contribution in [3.05, 3.63) is 23.3 Å². The first-order valence-electron chi connectivity index (χ1n) is 9.11. The highest BCUT2D eigenvalue weighted by atomic mass is 32.2. The maximum Gasteiger partial charge on any atom is 0.526 e. The maximum absolute atomic E-state index is 12.0. The monoisotopic (exact) mass is 359 g/mol. The Morgan fingerprint density at radius 1 is 1.28 bits per heavy atom. The van der Waals surface area contributed by atoms with Crippen molar-refractivity contribution in [1.82, 2.24) is 4.90 Å². The Morgan fingerprint density at radius 2 is 2.00 bits per heavy atom. The molecular formula is C18H22BNO4S. The van der Waals surface area contributed by atoms with Crippen molar-refractivity contribution >= 4 is 24.8 Å². The molecule has 1 saturated heterocycles. The van der Waals surface area contributed by atoms with E-state index in [4.69, 9.17) is 4.65 Å². The second kappa shape index (κ2) is 5.66. The van der Waals surface area contributed by atoms with E-state index in [1.54, 1.807) is 11.8 Å². The predicted octanol–water partition coefficient (Wildman–Crippen LogP) is 2.55. The molecule has 132 valence electrons. The summed E-state index contributed by atoms with van der Waals surface area (Å²) in [6.45, 7) is 2.33. The van der Waals surface area contributed by atoms with Crippen LogP contribution in [0.1, 0.15) is 41.1 Å². The first-order chi connectivity index (χ1) is 12.0. The maximum atomic E-state index is 12.0. The fraction of sp³-hybridized carbons (Fsp3) is 0.611. The topological polar surface area (TPSA) is 70.0 Å². The van der Waals surface area contributed by atoms with Gasteiger partial charge in [0.25, 0.3) is 0 Å². The zero-order chi connectivity index (χ0) is 17.3. The molecule has 2 saturated carbocycles. The summed E-state index contributed by atoms with van der Waals surface area (Å²) in [5, 5.41) is 20.3. The van der Waals surface area contributed by atoms with Crippen molar-refractivity contribution in [3.8, 4) is 5.75 Å². The summed E-state index contributed by atoms with van der Waals surface area (Å²) in [4.78, 5) is 15.1. The highest BCUT2D eigenvalue weighted by Gasteiger charge is 2.54. The molecule has 4 aliphatic rings. The molecule has 5 rings (SSSR count). The lowest BCUT2D eigenvalue weighted by atomic mass is 9.77. The molecule has 4 unspecified atom stereocenters. The van der Waals surface area contributed by atoms with E-state index in [1.165, 1.54) is 0 Å². The molecule has 1 aromatic rings. The molecule has 25 heavy (non-hydrogen) atoms. The van der Waals surface area contributed by atoms with Crippen LogP contribution in [-0.2, 0) is 0 Å². The average molecular weight is 359 g/mol. The van der Waals surface area contributed by atoms with E-state index in [2.05, 4.69) is 11.9 Å². The average Bonchev–Trinajstić information content (AvgIpc) is 3.17. The molecule has 2 aliphatic carbocycles. The number of rotatable bonds is 3. The Hall–Kier alpha value is -1.18. The lowest BCUT2D eigenvalue weighted by molar-refractivity contribution is 0.0690. The van der Waals surface area contributed by atoms with E-state index in [0.29, 0.717) is 11.0 Å². The summed E-state index contributed by atoms with van der Waals surface area (Å²) in [7, 11) is 1.32. The van der Waals surface area contributed by atoms with Crippen LogP contribution >= 0.6 is 11.8 Å². The van der Waals surface area contributed by atoms with Gasteiger partial charge >= 0.3 is 13.1 Å². The second-order valence-corrected chi connectivity index (χ2v) is 9.47. The van der Waals surface area contributed by atoms with Crippen LogP contribution in [0.25, 0.3) is 0 Å². The number of carboxylic acids is 1. The lowest BCUT2D eigenvalue weighted by Gasteiger charge is -2.23. The molecule has 2 heterocycles. The van der Waals surface area contributed by atoms with Gasteiger partial charge in [-0.15, -0.1) is 11.8 Å². The smallest absolute Gasteiger partial charge is 0.526 e. The highest BCUT2D eigenvalue weighted by molar-refractivity contribution is 8.00. The van der Waals surface area contributed by atoms with E-state index in [1.807, 2.05) is 12.1 Å². The van der Waals surface area contributed by atoms with E-state index >= 15 is 0 Å². The molecular weight excluding hydrogens is 337 g/mol. The van der Waals surface area contributed by atoms with E-state index in [9.17, 15) is 14.9 Å². The molecule has 0 amide bonds. The first-order valence-corrected chi connectivity index (χ1v) is 9.99. The fourth-order valence-corrected chi connectivity index (χ4v) is 6.64. The third kappa shape index (κ3) is 2.59. The number of benzene rings is 1. The number of likely N-dealkylation sites (tertiary alicyclic amines) is 1. The van der Waals surface area contributed by atoms with Gasteiger partial charge in [0.1, 0.15) is 11.3 Å². The lowest BCUT2D eigenvalue weighted by Crippen LogP contribution is -2.27. The summed E-state index contributed by atoms with van der Waals surface area (Å²) < 4.78 is 5.63. The molecule has 2 aliphatic heterocycles. The van der Waals surface area contributed by atoms with Gasteiger partial charge < -0.3 is 19.7 Å². The van der Waals surface area contributed by atoms with Crippen molar-refractivity contribution in [2.45, 2.75) is 41.1 Å². The standard InChI is InChI=1S/C18H22BNO4S/c1-20-7-9-4-11(5-10(9)8-20)25-15-3-2-12-13-6-14(13)19(23)24-17(12)16(15)18(21)22/h2-3,9-11,13-14,23H,4-8H2,1H3,(H,21,22). The third-order valence-corrected chi connectivity index (χ3v) is 7.70. The van der Waals surface area contributed by atoms with Crippen molar-refractivity contribution in [3.63, 3.8) is 0 Å². The molecule has 0 aromatic heterocycles. The van der Waals surface area contributed by atoms with Gasteiger partial charge in [0, 0.05) is 29.1 Å². The van der Waals surface area contributed by atoms with Crippen molar-refractivity contribution in [2.75, 3.05) is 20.1 Å². The predicted molar refractivity (Wildman–Crippen MR) is 96.5 cm³/mol. The normalized spacial score (nSPS) is 35.8. The molecule has 2 N–H and O–H groups in total. The van der Waals surface area contributed by atoms with Crippen LogP contribution < -0.4 is 4.65 Å². The van der Waals surface area contributed by atoms with Crippen LogP contribution in [0.4, 0.5) is 0 Å². The SMILES string of the molecule is CN1CC2CC(Sc3ccc4c(c3C(=O)O)OB(O)C3CC43)CC2C1. The quantitative estimate of drug-likeness (QED) is 0.809. The Morgan fingerprint density at radius 3 is 2.68 bits per heavy atom. The summed E-state index contributed by atoms with van der Waals surface area (Å²) in [5.41, 5.74) is 1.21. The largest absolute Gasteiger partial charge is 0.535 e. The number of hydrogen-bond acceptors (Lipinski definition) is 5. The van der Waals surface area contributed by atoms with Gasteiger partial charge in [-0.3, -0.25) is 0 Å². The number of nitrogens with zero attached hydrogens (tertiary/aromatic N) is 1. The number of fused-ring (bicyclic) bond motifs is 4. The fourth-order valence-electron chi connectivity index (χ4n) is 5.15. The number of hydrogen-bond donors (Lipinski definition) is 2. The molecule has 4 atom stereocenters. The Balaban J connectivity index is 1.42. The van der Waals surface area contributed by atoms with E-state index in [-0.39, 0.29) is 17.3 Å². The van der Waals surface area contributed by atoms with Gasteiger partial charge in [0.05, 0.1) is 0 Å². The summed E-state index contributed by atoms with van der Waals surface area (Å²) in [6.07, 6.45) is 3.20. The van der Waals surface area contributed by atoms with Crippen LogP contribution in [0.15, 0.2) is 17.0 Å². The minimum absolute atomic E-state index is 0.138. The second-order valence-electron chi connectivity index (χ2n) is 8.13. The van der Waals surface area contributed by atoms with Crippen LogP contribution in [-0.4, -0.2) is 53.5 Å². The Kier molecular flexibility index (Phi) is 3.63. The molecule has 5 nitrogen and oxygen atoms in total. The van der Waals surface area contributed by atoms with E-state index in [0.717, 1.165) is 54.6 Å². The minimum atomic E-state index is -0.955. The zero-order valence-electron chi connectivity index (χ0n) is 14.2. The van der Waals surface area contributed by atoms with E-state index < -0.39 is 13.1 Å². The van der Waals surface area contributed by atoms with Crippen LogP contribution in [0.3, 0.4) is 0 Å². The zero-order valence-corrected chi connectivity index (χ0v) is 15.0. The summed E-state index contributed by atoms with van der Waals surface area (Å²) in [5.74, 6) is 1.35. The van der Waals surface area contributed by atoms with Crippen LogP contribution in [0, 0.1) is 11.8 Å². The van der Waals surface area contributed by atoms with Crippen molar-refractivity contribution < 1.29 is 19.6 Å². The van der Waals surface area contributed by atoms with Gasteiger partial charge in [-0.05, 0) is 55.7 Å². The van der Waals surface area contributed by atoms with Crippen LogP contribution in [0.5, 0.6) is 5.75 Å². The molecule has 0 radical (unpaired) electrons. The van der Waals surface area contributed by atoms with Gasteiger partial charge in [0.2, 0.25) is 0 Å². The minimum Gasteiger partial charge on any atom is -0.535 e. The molecule has 3 fully saturated rings. The summed E-state index contributed by atoms with van der Waals surface area (Å²) in [6, 6.07) is 3.98. The summed E-state index contributed by atoms with van der Waals surface area (Å²) >= 11 is 1.69. The molecule has 0 spiro atoms. The van der Waals surface area contributed by atoms with Gasteiger partial charge in [-0.25, -0.2) is 4.79 Å². The Labute approximate surface area is 151 Å². The Bertz CT molecular complexity index is 730. The number of thioether (sulfide) groups is 1. The van der Waals surface area contributed by atoms with Gasteiger partial charge in [0.15, 0.2) is 0 Å².